The first-order chi connectivity index (χ1) is 14.4. The second-order valence-corrected chi connectivity index (χ2v) is 9.47. The number of nitrogens with zero attached hydrogens (tertiary/aromatic N) is 2. The van der Waals surface area contributed by atoms with E-state index in [9.17, 15) is 13.2 Å². The van der Waals surface area contributed by atoms with E-state index in [1.54, 1.807) is 49.1 Å². The number of carbonyl (C=O) groups is 1. The van der Waals surface area contributed by atoms with Gasteiger partial charge >= 0.3 is 0 Å². The fraction of sp³-hybridized carbons (Fsp3) is 0.238. The summed E-state index contributed by atoms with van der Waals surface area (Å²) in [7, 11) is -0.450. The van der Waals surface area contributed by atoms with Crippen molar-refractivity contribution in [2.45, 2.75) is 18.4 Å². The molecule has 0 saturated carbocycles. The standard InChI is InChI=1S/C21H22N2O5S2/c1-5-13-23-18-15(27-3)11-12-16(28-4)19(18)29-21(23)22-20(24)14-9-7-8-10-17(14)30(25,26)6-2/h5,7-12H,1,6,13H2,2-4H3. The van der Waals surface area contributed by atoms with Gasteiger partial charge in [-0.05, 0) is 24.3 Å². The van der Waals surface area contributed by atoms with E-state index in [-0.39, 0.29) is 16.2 Å². The molecule has 1 amide bonds. The summed E-state index contributed by atoms with van der Waals surface area (Å²) < 4.78 is 38.3. The quantitative estimate of drug-likeness (QED) is 0.519. The molecule has 3 aromatic rings. The lowest BCUT2D eigenvalue weighted by molar-refractivity contribution is 0.0994. The molecule has 9 heteroatoms. The topological polar surface area (TPSA) is 87.0 Å². The van der Waals surface area contributed by atoms with Crippen molar-refractivity contribution in [2.24, 2.45) is 4.99 Å². The van der Waals surface area contributed by atoms with E-state index in [4.69, 9.17) is 9.47 Å². The number of allylic oxidation sites excluding steroid dienone is 1. The van der Waals surface area contributed by atoms with Crippen LogP contribution in [0.4, 0.5) is 0 Å². The molecule has 158 valence electrons. The maximum absolute atomic E-state index is 13.0. The average Bonchev–Trinajstić information content (AvgIpc) is 3.11. The first kappa shape index (κ1) is 21.8. The van der Waals surface area contributed by atoms with Gasteiger partial charge in [-0.2, -0.15) is 4.99 Å². The Morgan fingerprint density at radius 3 is 2.47 bits per heavy atom. The molecule has 1 heterocycles. The molecular formula is C21H22N2O5S2. The van der Waals surface area contributed by atoms with Gasteiger partial charge in [-0.15, -0.1) is 6.58 Å². The van der Waals surface area contributed by atoms with Gasteiger partial charge in [0.25, 0.3) is 5.91 Å². The van der Waals surface area contributed by atoms with Crippen LogP contribution >= 0.6 is 11.3 Å². The number of amides is 1. The summed E-state index contributed by atoms with van der Waals surface area (Å²) in [6, 6.07) is 9.67. The van der Waals surface area contributed by atoms with Crippen LogP contribution in [-0.4, -0.2) is 38.9 Å². The largest absolute Gasteiger partial charge is 0.495 e. The Hall–Kier alpha value is -2.91. The molecule has 7 nitrogen and oxygen atoms in total. The summed E-state index contributed by atoms with van der Waals surface area (Å²) in [5.74, 6) is 0.485. The van der Waals surface area contributed by atoms with Gasteiger partial charge in [0.2, 0.25) is 0 Å². The van der Waals surface area contributed by atoms with Crippen molar-refractivity contribution in [1.29, 1.82) is 0 Å². The summed E-state index contributed by atoms with van der Waals surface area (Å²) in [5, 5.41) is 0. The van der Waals surface area contributed by atoms with Gasteiger partial charge in [0.15, 0.2) is 14.6 Å². The van der Waals surface area contributed by atoms with E-state index < -0.39 is 15.7 Å². The van der Waals surface area contributed by atoms with Gasteiger partial charge in [0, 0.05) is 6.54 Å². The molecule has 0 N–H and O–H groups in total. The van der Waals surface area contributed by atoms with E-state index in [0.29, 0.717) is 22.8 Å². The predicted molar refractivity (Wildman–Crippen MR) is 117 cm³/mol. The van der Waals surface area contributed by atoms with E-state index in [2.05, 4.69) is 11.6 Å². The van der Waals surface area contributed by atoms with Crippen LogP contribution < -0.4 is 14.3 Å². The zero-order valence-electron chi connectivity index (χ0n) is 16.9. The van der Waals surface area contributed by atoms with Crippen LogP contribution in [0.25, 0.3) is 10.2 Å². The monoisotopic (exact) mass is 446 g/mol. The first-order valence-corrected chi connectivity index (χ1v) is 11.6. The second-order valence-electron chi connectivity index (χ2n) is 6.25. The number of aromatic nitrogens is 1. The fourth-order valence-electron chi connectivity index (χ4n) is 3.06. The minimum atomic E-state index is -3.57. The molecule has 3 rings (SSSR count). The van der Waals surface area contributed by atoms with Crippen molar-refractivity contribution in [3.8, 4) is 11.5 Å². The lowest BCUT2D eigenvalue weighted by Gasteiger charge is -2.08. The van der Waals surface area contributed by atoms with E-state index >= 15 is 0 Å². The zero-order chi connectivity index (χ0) is 21.9. The van der Waals surface area contributed by atoms with Crippen LogP contribution in [0.5, 0.6) is 11.5 Å². The molecule has 0 aliphatic rings. The Labute approximate surface area is 178 Å². The average molecular weight is 447 g/mol. The molecule has 0 saturated heterocycles. The maximum Gasteiger partial charge on any atom is 0.280 e. The number of fused-ring (bicyclic) bond motifs is 1. The number of sulfone groups is 1. The van der Waals surface area contributed by atoms with Crippen molar-refractivity contribution in [2.75, 3.05) is 20.0 Å². The van der Waals surface area contributed by atoms with E-state index in [1.807, 2.05) is 0 Å². The van der Waals surface area contributed by atoms with E-state index in [0.717, 1.165) is 10.2 Å². The van der Waals surface area contributed by atoms with Gasteiger partial charge in [-0.3, -0.25) is 4.79 Å². The van der Waals surface area contributed by atoms with E-state index in [1.165, 1.54) is 30.4 Å². The summed E-state index contributed by atoms with van der Waals surface area (Å²) in [5.41, 5.74) is 0.767. The number of rotatable bonds is 7. The van der Waals surface area contributed by atoms with Crippen molar-refractivity contribution in [3.63, 3.8) is 0 Å². The number of benzene rings is 2. The molecule has 0 aliphatic heterocycles. The normalized spacial score (nSPS) is 12.2. The molecule has 0 bridgehead atoms. The number of ether oxygens (including phenoxy) is 2. The first-order valence-electron chi connectivity index (χ1n) is 9.14. The third-order valence-corrected chi connectivity index (χ3v) is 7.41. The van der Waals surface area contributed by atoms with Crippen molar-refractivity contribution < 1.29 is 22.7 Å². The Kier molecular flexibility index (Phi) is 6.42. The Morgan fingerprint density at radius 2 is 1.83 bits per heavy atom. The molecule has 0 unspecified atom stereocenters. The Balaban J connectivity index is 2.29. The molecule has 0 aliphatic carbocycles. The zero-order valence-corrected chi connectivity index (χ0v) is 18.5. The van der Waals surface area contributed by atoms with Crippen LogP contribution in [0, 0.1) is 0 Å². The number of thiazole rings is 1. The van der Waals surface area contributed by atoms with Gasteiger partial charge in [-0.25, -0.2) is 8.42 Å². The van der Waals surface area contributed by atoms with Crippen LogP contribution in [0.3, 0.4) is 0 Å². The Morgan fingerprint density at radius 1 is 1.17 bits per heavy atom. The molecule has 2 aromatic carbocycles. The Bertz CT molecular complexity index is 1290. The highest BCUT2D eigenvalue weighted by Gasteiger charge is 2.21. The number of hydrogen-bond acceptors (Lipinski definition) is 6. The van der Waals surface area contributed by atoms with Gasteiger partial charge in [0.1, 0.15) is 21.7 Å². The minimum Gasteiger partial charge on any atom is -0.495 e. The third kappa shape index (κ3) is 3.90. The van der Waals surface area contributed by atoms with Crippen molar-refractivity contribution in [3.05, 3.63) is 59.4 Å². The second kappa shape index (κ2) is 8.85. The minimum absolute atomic E-state index is 0.0206. The summed E-state index contributed by atoms with van der Waals surface area (Å²) in [4.78, 5) is 17.6. The maximum atomic E-state index is 13.0. The smallest absolute Gasteiger partial charge is 0.280 e. The molecule has 0 spiro atoms. The van der Waals surface area contributed by atoms with Crippen LogP contribution in [0.1, 0.15) is 17.3 Å². The fourth-order valence-corrected chi connectivity index (χ4v) is 5.29. The molecule has 30 heavy (non-hydrogen) atoms. The lowest BCUT2D eigenvalue weighted by Crippen LogP contribution is -2.18. The van der Waals surface area contributed by atoms with Crippen molar-refractivity contribution >= 4 is 37.3 Å². The number of hydrogen-bond donors (Lipinski definition) is 0. The molecule has 0 atom stereocenters. The number of methoxy groups -OCH3 is 2. The highest BCUT2D eigenvalue weighted by Crippen LogP contribution is 2.35. The van der Waals surface area contributed by atoms with Crippen LogP contribution in [0.15, 0.2) is 58.9 Å². The summed E-state index contributed by atoms with van der Waals surface area (Å²) in [6.07, 6.45) is 1.68. The SMILES string of the molecule is C=CCn1c(=NC(=O)c2ccccc2S(=O)(=O)CC)sc2c(OC)ccc(OC)c21. The van der Waals surface area contributed by atoms with Crippen molar-refractivity contribution in [1.82, 2.24) is 4.57 Å². The van der Waals surface area contributed by atoms with Gasteiger partial charge in [-0.1, -0.05) is 36.5 Å². The van der Waals surface area contributed by atoms with Crippen LogP contribution in [0.2, 0.25) is 0 Å². The molecule has 0 fully saturated rings. The summed E-state index contributed by atoms with van der Waals surface area (Å²) in [6.45, 7) is 5.70. The molecule has 1 aromatic heterocycles. The highest BCUT2D eigenvalue weighted by molar-refractivity contribution is 7.91. The predicted octanol–water partition coefficient (Wildman–Crippen LogP) is 3.44. The highest BCUT2D eigenvalue weighted by atomic mass is 32.2. The molecule has 0 radical (unpaired) electrons. The third-order valence-electron chi connectivity index (χ3n) is 4.53. The van der Waals surface area contributed by atoms with Gasteiger partial charge < -0.3 is 14.0 Å². The van der Waals surface area contributed by atoms with Crippen LogP contribution in [-0.2, 0) is 16.4 Å². The van der Waals surface area contributed by atoms with Gasteiger partial charge in [0.05, 0.1) is 30.4 Å². The number of carbonyl (C=O) groups excluding carboxylic acids is 1. The lowest BCUT2D eigenvalue weighted by atomic mass is 10.2. The molecular weight excluding hydrogens is 424 g/mol. The summed E-state index contributed by atoms with van der Waals surface area (Å²) >= 11 is 1.26.